The smallest absolute Gasteiger partial charge is 0.270 e. The Hall–Kier alpha value is -2.14. The van der Waals surface area contributed by atoms with Crippen molar-refractivity contribution < 1.29 is 9.47 Å². The molecule has 1 aliphatic rings. The standard InChI is InChI=1S/C17H18N2O2S/c1-19(15-7-4-8-16(18-15)20-2)17(22)21-14-10-9-12-5-3-6-13(12)11-14/h4,7-11H,3,5-6H2,1-2H3. The van der Waals surface area contributed by atoms with Crippen LogP contribution >= 0.6 is 12.2 Å². The van der Waals surface area contributed by atoms with Crippen LogP contribution in [0.3, 0.4) is 0 Å². The highest BCUT2D eigenvalue weighted by molar-refractivity contribution is 7.80. The highest BCUT2D eigenvalue weighted by atomic mass is 32.1. The van der Waals surface area contributed by atoms with E-state index in [1.165, 1.54) is 17.5 Å². The Morgan fingerprint density at radius 1 is 1.18 bits per heavy atom. The van der Waals surface area contributed by atoms with E-state index in [0.29, 0.717) is 16.9 Å². The van der Waals surface area contributed by atoms with E-state index >= 15 is 0 Å². The second-order valence-electron chi connectivity index (χ2n) is 5.25. The number of aryl methyl sites for hydroxylation is 2. The fourth-order valence-corrected chi connectivity index (χ4v) is 2.77. The van der Waals surface area contributed by atoms with Crippen molar-refractivity contribution in [2.24, 2.45) is 0 Å². The zero-order valence-electron chi connectivity index (χ0n) is 12.7. The van der Waals surface area contributed by atoms with Crippen LogP contribution in [0.25, 0.3) is 0 Å². The lowest BCUT2D eigenvalue weighted by atomic mass is 10.1. The normalized spacial score (nSPS) is 12.6. The van der Waals surface area contributed by atoms with Gasteiger partial charge >= 0.3 is 0 Å². The summed E-state index contributed by atoms with van der Waals surface area (Å²) in [4.78, 5) is 6.08. The molecular weight excluding hydrogens is 296 g/mol. The average Bonchev–Trinajstić information content (AvgIpc) is 3.01. The monoisotopic (exact) mass is 314 g/mol. The number of fused-ring (bicyclic) bond motifs is 1. The van der Waals surface area contributed by atoms with Gasteiger partial charge in [-0.05, 0) is 60.8 Å². The van der Waals surface area contributed by atoms with E-state index in [9.17, 15) is 0 Å². The number of thiocarbonyl (C=S) groups is 1. The summed E-state index contributed by atoms with van der Waals surface area (Å²) in [6.45, 7) is 0. The first kappa shape index (κ1) is 14.8. The highest BCUT2D eigenvalue weighted by Gasteiger charge is 2.14. The Kier molecular flexibility index (Phi) is 4.24. The summed E-state index contributed by atoms with van der Waals surface area (Å²) in [5.74, 6) is 2.01. The van der Waals surface area contributed by atoms with Gasteiger partial charge in [-0.25, -0.2) is 0 Å². The van der Waals surface area contributed by atoms with E-state index in [-0.39, 0.29) is 0 Å². The van der Waals surface area contributed by atoms with Crippen LogP contribution in [-0.2, 0) is 12.8 Å². The number of aromatic nitrogens is 1. The largest absolute Gasteiger partial charge is 0.481 e. The van der Waals surface area contributed by atoms with Crippen LogP contribution in [0.15, 0.2) is 36.4 Å². The Morgan fingerprint density at radius 2 is 2.00 bits per heavy atom. The molecule has 3 rings (SSSR count). The maximum atomic E-state index is 5.81. The van der Waals surface area contributed by atoms with Gasteiger partial charge in [-0.3, -0.25) is 4.90 Å². The lowest BCUT2D eigenvalue weighted by molar-refractivity contribution is 0.398. The van der Waals surface area contributed by atoms with E-state index in [2.05, 4.69) is 17.1 Å². The van der Waals surface area contributed by atoms with Crippen molar-refractivity contribution >= 4 is 23.2 Å². The van der Waals surface area contributed by atoms with Gasteiger partial charge in [-0.15, -0.1) is 0 Å². The van der Waals surface area contributed by atoms with E-state index in [1.807, 2.05) is 25.2 Å². The molecule has 1 heterocycles. The first-order valence-electron chi connectivity index (χ1n) is 7.26. The summed E-state index contributed by atoms with van der Waals surface area (Å²) in [6.07, 6.45) is 3.50. The van der Waals surface area contributed by atoms with Crippen molar-refractivity contribution in [1.82, 2.24) is 4.98 Å². The molecule has 0 amide bonds. The van der Waals surface area contributed by atoms with Crippen molar-refractivity contribution in [3.8, 4) is 11.6 Å². The molecule has 22 heavy (non-hydrogen) atoms. The topological polar surface area (TPSA) is 34.6 Å². The Labute approximate surface area is 135 Å². The van der Waals surface area contributed by atoms with E-state index in [0.717, 1.165) is 18.6 Å². The van der Waals surface area contributed by atoms with Gasteiger partial charge in [0.25, 0.3) is 5.17 Å². The molecule has 1 aliphatic carbocycles. The molecule has 0 bridgehead atoms. The lowest BCUT2D eigenvalue weighted by Gasteiger charge is -2.19. The Bertz CT molecular complexity index is 703. The van der Waals surface area contributed by atoms with Gasteiger partial charge in [0, 0.05) is 13.1 Å². The minimum Gasteiger partial charge on any atom is -0.481 e. The van der Waals surface area contributed by atoms with Crippen molar-refractivity contribution in [3.05, 3.63) is 47.5 Å². The molecule has 0 spiro atoms. The van der Waals surface area contributed by atoms with Gasteiger partial charge in [0.2, 0.25) is 5.88 Å². The van der Waals surface area contributed by atoms with Crippen LogP contribution in [-0.4, -0.2) is 24.3 Å². The number of anilines is 1. The van der Waals surface area contributed by atoms with Crippen LogP contribution in [0.2, 0.25) is 0 Å². The van der Waals surface area contributed by atoms with Gasteiger partial charge in [0.1, 0.15) is 11.6 Å². The third-order valence-electron chi connectivity index (χ3n) is 3.81. The molecular formula is C17H18N2O2S. The van der Waals surface area contributed by atoms with Crippen LogP contribution in [0.5, 0.6) is 11.6 Å². The molecule has 0 aliphatic heterocycles. The van der Waals surface area contributed by atoms with Crippen LogP contribution in [0, 0.1) is 0 Å². The Morgan fingerprint density at radius 3 is 2.82 bits per heavy atom. The molecule has 5 heteroatoms. The zero-order valence-corrected chi connectivity index (χ0v) is 13.5. The quantitative estimate of drug-likeness (QED) is 0.812. The molecule has 114 valence electrons. The van der Waals surface area contributed by atoms with Crippen molar-refractivity contribution in [2.75, 3.05) is 19.1 Å². The molecule has 1 aromatic heterocycles. The van der Waals surface area contributed by atoms with Gasteiger partial charge in [-0.1, -0.05) is 12.1 Å². The van der Waals surface area contributed by atoms with Crippen LogP contribution in [0.1, 0.15) is 17.5 Å². The summed E-state index contributed by atoms with van der Waals surface area (Å²) in [5.41, 5.74) is 2.78. The number of hydrogen-bond donors (Lipinski definition) is 0. The Balaban J connectivity index is 1.73. The molecule has 0 unspecified atom stereocenters. The fraction of sp³-hybridized carbons (Fsp3) is 0.294. The maximum Gasteiger partial charge on any atom is 0.270 e. The molecule has 0 saturated carbocycles. The second-order valence-corrected chi connectivity index (χ2v) is 5.60. The molecule has 2 aromatic rings. The SMILES string of the molecule is COc1cccc(N(C)C(=S)Oc2ccc3c(c2)CCC3)n1. The van der Waals surface area contributed by atoms with E-state index in [4.69, 9.17) is 21.7 Å². The molecule has 0 atom stereocenters. The molecule has 0 N–H and O–H groups in total. The summed E-state index contributed by atoms with van der Waals surface area (Å²) < 4.78 is 10.9. The molecule has 1 aromatic carbocycles. The summed E-state index contributed by atoms with van der Waals surface area (Å²) in [5, 5.41) is 0.360. The first-order chi connectivity index (χ1) is 10.7. The van der Waals surface area contributed by atoms with Crippen LogP contribution < -0.4 is 14.4 Å². The van der Waals surface area contributed by atoms with Crippen molar-refractivity contribution in [2.45, 2.75) is 19.3 Å². The summed E-state index contributed by atoms with van der Waals surface area (Å²) >= 11 is 5.37. The number of hydrogen-bond acceptors (Lipinski definition) is 4. The van der Waals surface area contributed by atoms with E-state index in [1.54, 1.807) is 18.1 Å². The first-order valence-corrected chi connectivity index (χ1v) is 7.66. The van der Waals surface area contributed by atoms with Crippen molar-refractivity contribution in [1.29, 1.82) is 0 Å². The van der Waals surface area contributed by atoms with Crippen molar-refractivity contribution in [3.63, 3.8) is 0 Å². The third kappa shape index (κ3) is 3.04. The molecule has 0 saturated heterocycles. The number of pyridine rings is 1. The number of rotatable bonds is 3. The minimum absolute atomic E-state index is 0.360. The second kappa shape index (κ2) is 6.32. The number of nitrogens with zero attached hydrogens (tertiary/aromatic N) is 2. The minimum atomic E-state index is 0.360. The van der Waals surface area contributed by atoms with Gasteiger partial charge in [0.05, 0.1) is 7.11 Å². The number of ether oxygens (including phenoxy) is 2. The van der Waals surface area contributed by atoms with Gasteiger partial charge in [0.15, 0.2) is 0 Å². The average molecular weight is 314 g/mol. The summed E-state index contributed by atoms with van der Waals surface area (Å²) in [6, 6.07) is 11.7. The molecule has 0 radical (unpaired) electrons. The van der Waals surface area contributed by atoms with E-state index < -0.39 is 0 Å². The fourth-order valence-electron chi connectivity index (χ4n) is 2.58. The lowest BCUT2D eigenvalue weighted by Crippen LogP contribution is -2.29. The van der Waals surface area contributed by atoms with Crippen LogP contribution in [0.4, 0.5) is 5.82 Å². The molecule has 4 nitrogen and oxygen atoms in total. The molecule has 0 fully saturated rings. The van der Waals surface area contributed by atoms with Gasteiger partial charge in [-0.2, -0.15) is 4.98 Å². The predicted octanol–water partition coefficient (Wildman–Crippen LogP) is 3.38. The zero-order chi connectivity index (χ0) is 15.5. The summed E-state index contributed by atoms with van der Waals surface area (Å²) in [7, 11) is 3.42. The highest BCUT2D eigenvalue weighted by Crippen LogP contribution is 2.26. The number of methoxy groups -OCH3 is 1. The number of benzene rings is 1. The maximum absolute atomic E-state index is 5.81. The van der Waals surface area contributed by atoms with Gasteiger partial charge < -0.3 is 9.47 Å². The predicted molar refractivity (Wildman–Crippen MR) is 90.9 cm³/mol. The third-order valence-corrected chi connectivity index (χ3v) is 4.17.